The largest absolute Gasteiger partial charge is 0.452 e. The number of nitrogens with zero attached hydrogens (tertiary/aromatic N) is 1. The molecule has 1 aromatic carbocycles. The van der Waals surface area contributed by atoms with Crippen LogP contribution in [0.3, 0.4) is 0 Å². The summed E-state index contributed by atoms with van der Waals surface area (Å²) in [7, 11) is 0. The van der Waals surface area contributed by atoms with Gasteiger partial charge in [-0.05, 0) is 54.8 Å². The minimum absolute atomic E-state index is 0.105. The van der Waals surface area contributed by atoms with Crippen molar-refractivity contribution >= 4 is 23.2 Å². The number of ether oxygens (including phenoxy) is 1. The molecule has 1 amide bonds. The van der Waals surface area contributed by atoms with Gasteiger partial charge in [0, 0.05) is 23.0 Å². The zero-order valence-corrected chi connectivity index (χ0v) is 14.5. The highest BCUT2D eigenvalue weighted by atomic mass is 32.1. The molecule has 0 fully saturated rings. The normalized spacial score (nSPS) is 11.7. The van der Waals surface area contributed by atoms with Gasteiger partial charge in [0.15, 0.2) is 6.61 Å². The summed E-state index contributed by atoms with van der Waals surface area (Å²) < 4.78 is 7.02. The van der Waals surface area contributed by atoms with Crippen molar-refractivity contribution in [3.05, 3.63) is 76.7 Å². The summed E-state index contributed by atoms with van der Waals surface area (Å²) in [5.41, 5.74) is 1.36. The Hall–Kier alpha value is -2.86. The summed E-state index contributed by atoms with van der Waals surface area (Å²) in [6.07, 6.45) is 3.85. The maximum Gasteiger partial charge on any atom is 0.338 e. The molecule has 3 rings (SSSR count). The summed E-state index contributed by atoms with van der Waals surface area (Å²) in [5.74, 6) is -0.837. The number of carbonyl (C=O) groups excluding carboxylic acids is 2. The van der Waals surface area contributed by atoms with Gasteiger partial charge in [-0.15, -0.1) is 11.3 Å². The lowest BCUT2D eigenvalue weighted by Crippen LogP contribution is -2.30. The molecule has 0 bridgehead atoms. The predicted molar refractivity (Wildman–Crippen MR) is 96.9 cm³/mol. The molecule has 0 spiro atoms. The van der Waals surface area contributed by atoms with E-state index in [4.69, 9.17) is 4.74 Å². The second-order valence-electron chi connectivity index (χ2n) is 5.52. The first-order valence-corrected chi connectivity index (χ1v) is 8.75. The molecule has 0 radical (unpaired) electrons. The van der Waals surface area contributed by atoms with Gasteiger partial charge in [-0.25, -0.2) is 4.79 Å². The first-order valence-electron chi connectivity index (χ1n) is 7.87. The molecule has 2 heterocycles. The zero-order chi connectivity index (χ0) is 17.6. The molecule has 1 N–H and O–H groups in total. The van der Waals surface area contributed by atoms with Crippen LogP contribution in [0.1, 0.15) is 28.2 Å². The van der Waals surface area contributed by atoms with Gasteiger partial charge in [-0.2, -0.15) is 0 Å². The minimum Gasteiger partial charge on any atom is -0.452 e. The van der Waals surface area contributed by atoms with Gasteiger partial charge in [0.05, 0.1) is 11.6 Å². The summed E-state index contributed by atoms with van der Waals surface area (Å²) in [5, 5.41) is 4.76. The van der Waals surface area contributed by atoms with Crippen LogP contribution in [0.2, 0.25) is 0 Å². The van der Waals surface area contributed by atoms with E-state index < -0.39 is 5.97 Å². The van der Waals surface area contributed by atoms with Gasteiger partial charge in [0.25, 0.3) is 5.91 Å². The molecule has 0 saturated heterocycles. The Balaban J connectivity index is 1.51. The SMILES string of the molecule is CC(NC(=O)COC(=O)c1ccc(-n2cccc2)cc1)c1cccs1. The number of hydrogen-bond acceptors (Lipinski definition) is 4. The first kappa shape index (κ1) is 17.0. The molecule has 0 aliphatic carbocycles. The third-order valence-electron chi connectivity index (χ3n) is 3.69. The van der Waals surface area contributed by atoms with Crippen molar-refractivity contribution < 1.29 is 14.3 Å². The predicted octanol–water partition coefficient (Wildman–Crippen LogP) is 3.57. The van der Waals surface area contributed by atoms with E-state index in [1.807, 2.05) is 65.7 Å². The van der Waals surface area contributed by atoms with E-state index in [1.54, 1.807) is 23.5 Å². The van der Waals surface area contributed by atoms with Crippen LogP contribution in [0.15, 0.2) is 66.3 Å². The molecule has 25 heavy (non-hydrogen) atoms. The lowest BCUT2D eigenvalue weighted by atomic mass is 10.2. The van der Waals surface area contributed by atoms with Crippen LogP contribution in [0.4, 0.5) is 0 Å². The second kappa shape index (κ2) is 7.81. The minimum atomic E-state index is -0.516. The van der Waals surface area contributed by atoms with Crippen LogP contribution in [0, 0.1) is 0 Å². The number of amides is 1. The standard InChI is InChI=1S/C19H18N2O3S/c1-14(17-5-4-12-25-17)20-18(22)13-24-19(23)15-6-8-16(9-7-15)21-10-2-3-11-21/h2-12,14H,13H2,1H3,(H,20,22). The fraction of sp³-hybridized carbons (Fsp3) is 0.158. The van der Waals surface area contributed by atoms with Crippen molar-refractivity contribution in [1.29, 1.82) is 0 Å². The fourth-order valence-corrected chi connectivity index (χ4v) is 3.12. The third kappa shape index (κ3) is 4.36. The first-order chi connectivity index (χ1) is 12.1. The lowest BCUT2D eigenvalue weighted by molar-refractivity contribution is -0.124. The van der Waals surface area contributed by atoms with Crippen LogP contribution in [0.25, 0.3) is 5.69 Å². The van der Waals surface area contributed by atoms with Gasteiger partial charge in [-0.3, -0.25) is 4.79 Å². The van der Waals surface area contributed by atoms with Crippen LogP contribution >= 0.6 is 11.3 Å². The number of carbonyl (C=O) groups is 2. The molecule has 1 atom stereocenters. The van der Waals surface area contributed by atoms with E-state index in [1.165, 1.54) is 0 Å². The maximum atomic E-state index is 12.1. The monoisotopic (exact) mass is 354 g/mol. The Morgan fingerprint density at radius 3 is 2.48 bits per heavy atom. The van der Waals surface area contributed by atoms with Gasteiger partial charge in [0.2, 0.25) is 0 Å². The maximum absolute atomic E-state index is 12.1. The Morgan fingerprint density at radius 2 is 1.84 bits per heavy atom. The van der Waals surface area contributed by atoms with E-state index >= 15 is 0 Å². The molecule has 0 aliphatic heterocycles. The molecule has 0 aliphatic rings. The van der Waals surface area contributed by atoms with Crippen molar-refractivity contribution in [2.75, 3.05) is 6.61 Å². The number of aromatic nitrogens is 1. The van der Waals surface area contributed by atoms with Crippen molar-refractivity contribution in [3.8, 4) is 5.69 Å². The molecule has 3 aromatic rings. The van der Waals surface area contributed by atoms with Gasteiger partial charge < -0.3 is 14.6 Å². The number of benzene rings is 1. The van der Waals surface area contributed by atoms with E-state index in [0.717, 1.165) is 10.6 Å². The molecular formula is C19H18N2O3S. The van der Waals surface area contributed by atoms with Crippen LogP contribution < -0.4 is 5.32 Å². The molecule has 128 valence electrons. The smallest absolute Gasteiger partial charge is 0.338 e. The number of thiophene rings is 1. The molecule has 5 nitrogen and oxygen atoms in total. The summed E-state index contributed by atoms with van der Waals surface area (Å²) in [6.45, 7) is 1.60. The van der Waals surface area contributed by atoms with Crippen molar-refractivity contribution in [3.63, 3.8) is 0 Å². The second-order valence-corrected chi connectivity index (χ2v) is 6.50. The highest BCUT2D eigenvalue weighted by Crippen LogP contribution is 2.17. The van der Waals surface area contributed by atoms with Gasteiger partial charge in [0.1, 0.15) is 0 Å². The zero-order valence-electron chi connectivity index (χ0n) is 13.7. The molecule has 2 aromatic heterocycles. The van der Waals surface area contributed by atoms with Crippen molar-refractivity contribution in [2.24, 2.45) is 0 Å². The lowest BCUT2D eigenvalue weighted by Gasteiger charge is -2.12. The van der Waals surface area contributed by atoms with Gasteiger partial charge >= 0.3 is 5.97 Å². The number of esters is 1. The Bertz CT molecular complexity index is 824. The van der Waals surface area contributed by atoms with E-state index in [-0.39, 0.29) is 18.6 Å². The van der Waals surface area contributed by atoms with Gasteiger partial charge in [-0.1, -0.05) is 6.07 Å². The van der Waals surface area contributed by atoms with Crippen LogP contribution in [0.5, 0.6) is 0 Å². The average Bonchev–Trinajstić information content (AvgIpc) is 3.33. The summed E-state index contributed by atoms with van der Waals surface area (Å²) in [6, 6.07) is 14.7. The quantitative estimate of drug-likeness (QED) is 0.689. The Kier molecular flexibility index (Phi) is 5.30. The van der Waals surface area contributed by atoms with Crippen molar-refractivity contribution in [1.82, 2.24) is 9.88 Å². The molecule has 0 saturated carbocycles. The average molecular weight is 354 g/mol. The fourth-order valence-electron chi connectivity index (χ4n) is 2.38. The van der Waals surface area contributed by atoms with E-state index in [0.29, 0.717) is 5.56 Å². The number of rotatable bonds is 6. The Morgan fingerprint density at radius 1 is 1.12 bits per heavy atom. The topological polar surface area (TPSA) is 60.3 Å². The van der Waals surface area contributed by atoms with E-state index in [2.05, 4.69) is 5.32 Å². The van der Waals surface area contributed by atoms with Crippen molar-refractivity contribution in [2.45, 2.75) is 13.0 Å². The van der Waals surface area contributed by atoms with E-state index in [9.17, 15) is 9.59 Å². The van der Waals surface area contributed by atoms with Crippen LogP contribution in [-0.2, 0) is 9.53 Å². The highest BCUT2D eigenvalue weighted by Gasteiger charge is 2.13. The summed E-state index contributed by atoms with van der Waals surface area (Å²) >= 11 is 1.57. The molecule has 6 heteroatoms. The molecular weight excluding hydrogens is 336 g/mol. The third-order valence-corrected chi connectivity index (χ3v) is 4.74. The van der Waals surface area contributed by atoms with Crippen LogP contribution in [-0.4, -0.2) is 23.1 Å². The number of hydrogen-bond donors (Lipinski definition) is 1. The summed E-state index contributed by atoms with van der Waals surface area (Å²) in [4.78, 5) is 25.0. The molecule has 1 unspecified atom stereocenters. The number of nitrogens with one attached hydrogen (secondary N) is 1. The Labute approximate surface area is 149 Å². The highest BCUT2D eigenvalue weighted by molar-refractivity contribution is 7.10.